The summed E-state index contributed by atoms with van der Waals surface area (Å²) in [6.45, 7) is 2.67. The van der Waals surface area contributed by atoms with Crippen molar-refractivity contribution < 1.29 is 0 Å². The van der Waals surface area contributed by atoms with Crippen molar-refractivity contribution in [2.24, 2.45) is 7.05 Å². The second kappa shape index (κ2) is 5.34. The third kappa shape index (κ3) is 2.79. The molecule has 2 rings (SSSR count). The SMILES string of the molecule is CNc1ncc(Br)c(NCc2cn(C)nc2C)n1. The fourth-order valence-electron chi connectivity index (χ4n) is 1.61. The standard InChI is InChI=1S/C11H15BrN6/c1-7-8(6-18(3)17-7)4-14-10-9(12)5-15-11(13-2)16-10/h5-6H,4H2,1-3H3,(H2,13,14,15,16). The van der Waals surface area contributed by atoms with Gasteiger partial charge >= 0.3 is 0 Å². The van der Waals surface area contributed by atoms with Crippen LogP contribution in [0.2, 0.25) is 0 Å². The number of hydrogen-bond donors (Lipinski definition) is 2. The fraction of sp³-hybridized carbons (Fsp3) is 0.364. The number of aromatic nitrogens is 4. The van der Waals surface area contributed by atoms with Gasteiger partial charge in [0.25, 0.3) is 0 Å². The van der Waals surface area contributed by atoms with Crippen molar-refractivity contribution in [3.8, 4) is 0 Å². The summed E-state index contributed by atoms with van der Waals surface area (Å²) >= 11 is 3.42. The van der Waals surface area contributed by atoms with E-state index in [9.17, 15) is 0 Å². The van der Waals surface area contributed by atoms with E-state index in [4.69, 9.17) is 0 Å². The lowest BCUT2D eigenvalue weighted by Gasteiger charge is -2.08. The molecule has 2 aromatic rings. The lowest BCUT2D eigenvalue weighted by Crippen LogP contribution is -2.05. The van der Waals surface area contributed by atoms with Gasteiger partial charge < -0.3 is 10.6 Å². The van der Waals surface area contributed by atoms with E-state index in [0.717, 1.165) is 21.5 Å². The molecule has 2 N–H and O–H groups in total. The van der Waals surface area contributed by atoms with Gasteiger partial charge in [0, 0.05) is 38.6 Å². The van der Waals surface area contributed by atoms with E-state index >= 15 is 0 Å². The molecule has 2 aromatic heterocycles. The molecule has 0 saturated heterocycles. The van der Waals surface area contributed by atoms with Crippen molar-refractivity contribution in [3.05, 3.63) is 28.1 Å². The Balaban J connectivity index is 2.12. The van der Waals surface area contributed by atoms with Crippen LogP contribution in [0, 0.1) is 6.92 Å². The molecule has 2 heterocycles. The molecular weight excluding hydrogens is 296 g/mol. The molecule has 0 aromatic carbocycles. The van der Waals surface area contributed by atoms with E-state index in [1.54, 1.807) is 17.9 Å². The van der Waals surface area contributed by atoms with Crippen LogP contribution in [0.3, 0.4) is 0 Å². The average molecular weight is 311 g/mol. The highest BCUT2D eigenvalue weighted by molar-refractivity contribution is 9.10. The molecule has 7 heteroatoms. The second-order valence-corrected chi connectivity index (χ2v) is 4.76. The van der Waals surface area contributed by atoms with Gasteiger partial charge in [-0.2, -0.15) is 10.1 Å². The minimum absolute atomic E-state index is 0.587. The third-order valence-corrected chi connectivity index (χ3v) is 3.11. The third-order valence-electron chi connectivity index (χ3n) is 2.53. The predicted molar refractivity (Wildman–Crippen MR) is 74.6 cm³/mol. The highest BCUT2D eigenvalue weighted by atomic mass is 79.9. The van der Waals surface area contributed by atoms with Crippen molar-refractivity contribution in [1.82, 2.24) is 19.7 Å². The molecule has 6 nitrogen and oxygen atoms in total. The van der Waals surface area contributed by atoms with Gasteiger partial charge in [-0.25, -0.2) is 4.98 Å². The number of hydrogen-bond acceptors (Lipinski definition) is 5. The molecule has 0 bridgehead atoms. The zero-order valence-corrected chi connectivity index (χ0v) is 12.1. The Morgan fingerprint density at radius 1 is 1.44 bits per heavy atom. The van der Waals surface area contributed by atoms with Crippen LogP contribution in [0.15, 0.2) is 16.9 Å². The minimum atomic E-state index is 0.587. The highest BCUT2D eigenvalue weighted by Gasteiger charge is 2.06. The largest absolute Gasteiger partial charge is 0.365 e. The number of halogens is 1. The summed E-state index contributed by atoms with van der Waals surface area (Å²) in [6, 6.07) is 0. The van der Waals surface area contributed by atoms with E-state index in [0.29, 0.717) is 12.5 Å². The monoisotopic (exact) mass is 310 g/mol. The van der Waals surface area contributed by atoms with Gasteiger partial charge in [0.05, 0.1) is 10.2 Å². The molecule has 96 valence electrons. The zero-order chi connectivity index (χ0) is 13.1. The summed E-state index contributed by atoms with van der Waals surface area (Å²) in [5.74, 6) is 1.35. The maximum atomic E-state index is 4.33. The van der Waals surface area contributed by atoms with Gasteiger partial charge in [-0.3, -0.25) is 4.68 Å². The summed E-state index contributed by atoms with van der Waals surface area (Å²) < 4.78 is 2.64. The van der Waals surface area contributed by atoms with Gasteiger partial charge in [-0.15, -0.1) is 0 Å². The Labute approximate surface area is 114 Å². The maximum absolute atomic E-state index is 4.33. The summed E-state index contributed by atoms with van der Waals surface area (Å²) in [4.78, 5) is 8.44. The minimum Gasteiger partial charge on any atom is -0.365 e. The highest BCUT2D eigenvalue weighted by Crippen LogP contribution is 2.20. The summed E-state index contributed by atoms with van der Waals surface area (Å²) in [7, 11) is 3.70. The van der Waals surface area contributed by atoms with Gasteiger partial charge in [0.15, 0.2) is 0 Å². The summed E-state index contributed by atoms with van der Waals surface area (Å²) in [5.41, 5.74) is 2.16. The van der Waals surface area contributed by atoms with Crippen molar-refractivity contribution in [3.63, 3.8) is 0 Å². The first-order valence-corrected chi connectivity index (χ1v) is 6.32. The average Bonchev–Trinajstić information content (AvgIpc) is 2.67. The molecule has 0 radical (unpaired) electrons. The van der Waals surface area contributed by atoms with Gasteiger partial charge in [0.1, 0.15) is 5.82 Å². The van der Waals surface area contributed by atoms with Crippen molar-refractivity contribution in [2.45, 2.75) is 13.5 Å². The molecule has 0 aliphatic heterocycles. The van der Waals surface area contributed by atoms with Gasteiger partial charge in [-0.05, 0) is 22.9 Å². The van der Waals surface area contributed by atoms with Crippen molar-refractivity contribution >= 4 is 27.7 Å². The topological polar surface area (TPSA) is 67.7 Å². The number of aryl methyl sites for hydroxylation is 2. The van der Waals surface area contributed by atoms with E-state index in [2.05, 4.69) is 41.6 Å². The Kier molecular flexibility index (Phi) is 3.81. The molecule has 0 atom stereocenters. The molecule has 0 spiro atoms. The summed E-state index contributed by atoms with van der Waals surface area (Å²) in [6.07, 6.45) is 3.72. The fourth-order valence-corrected chi connectivity index (χ4v) is 1.94. The van der Waals surface area contributed by atoms with Crippen LogP contribution < -0.4 is 10.6 Å². The molecule has 0 amide bonds. The number of anilines is 2. The molecule has 0 fully saturated rings. The molecule has 0 aliphatic rings. The van der Waals surface area contributed by atoms with Crippen LogP contribution >= 0.6 is 15.9 Å². The molecule has 0 aliphatic carbocycles. The summed E-state index contributed by atoms with van der Waals surface area (Å²) in [5, 5.41) is 10.5. The van der Waals surface area contributed by atoms with Crippen LogP contribution in [-0.4, -0.2) is 26.8 Å². The molecule has 0 unspecified atom stereocenters. The van der Waals surface area contributed by atoms with Crippen LogP contribution in [-0.2, 0) is 13.6 Å². The number of rotatable bonds is 4. The van der Waals surface area contributed by atoms with Crippen LogP contribution in [0.25, 0.3) is 0 Å². The molecular formula is C11H15BrN6. The van der Waals surface area contributed by atoms with Crippen LogP contribution in [0.4, 0.5) is 11.8 Å². The Bertz CT molecular complexity index is 550. The van der Waals surface area contributed by atoms with E-state index < -0.39 is 0 Å². The first-order chi connectivity index (χ1) is 8.60. The maximum Gasteiger partial charge on any atom is 0.224 e. The molecule has 0 saturated carbocycles. The smallest absolute Gasteiger partial charge is 0.224 e. The van der Waals surface area contributed by atoms with Crippen molar-refractivity contribution in [2.75, 3.05) is 17.7 Å². The first-order valence-electron chi connectivity index (χ1n) is 5.53. The Hall–Kier alpha value is -1.63. The zero-order valence-electron chi connectivity index (χ0n) is 10.5. The lowest BCUT2D eigenvalue weighted by molar-refractivity contribution is 0.756. The van der Waals surface area contributed by atoms with Crippen LogP contribution in [0.5, 0.6) is 0 Å². The molecule has 18 heavy (non-hydrogen) atoms. The number of nitrogens with zero attached hydrogens (tertiary/aromatic N) is 4. The number of nitrogens with one attached hydrogen (secondary N) is 2. The predicted octanol–water partition coefficient (Wildman–Crippen LogP) is 1.93. The Morgan fingerprint density at radius 2 is 2.22 bits per heavy atom. The Morgan fingerprint density at radius 3 is 2.83 bits per heavy atom. The normalized spacial score (nSPS) is 10.4. The van der Waals surface area contributed by atoms with E-state index in [-0.39, 0.29) is 0 Å². The van der Waals surface area contributed by atoms with Gasteiger partial charge in [-0.1, -0.05) is 0 Å². The quantitative estimate of drug-likeness (QED) is 0.903. The van der Waals surface area contributed by atoms with Crippen molar-refractivity contribution in [1.29, 1.82) is 0 Å². The van der Waals surface area contributed by atoms with Crippen LogP contribution in [0.1, 0.15) is 11.3 Å². The van der Waals surface area contributed by atoms with Gasteiger partial charge in [0.2, 0.25) is 5.95 Å². The van der Waals surface area contributed by atoms with E-state index in [1.807, 2.05) is 20.2 Å². The second-order valence-electron chi connectivity index (χ2n) is 3.91. The first kappa shape index (κ1) is 12.8. The van der Waals surface area contributed by atoms with E-state index in [1.165, 1.54) is 0 Å². The lowest BCUT2D eigenvalue weighted by atomic mass is 10.2.